The Hall–Kier alpha value is -2.89. The van der Waals surface area contributed by atoms with E-state index in [0.29, 0.717) is 47.5 Å². The van der Waals surface area contributed by atoms with E-state index in [1.807, 2.05) is 13.8 Å². The first kappa shape index (κ1) is 18.4. The van der Waals surface area contributed by atoms with Crippen molar-refractivity contribution in [1.82, 2.24) is 0 Å². The number of benzene rings is 2. The second-order valence-corrected chi connectivity index (χ2v) is 5.08. The number of rotatable bonds is 8. The summed E-state index contributed by atoms with van der Waals surface area (Å²) in [5.41, 5.74) is 1.04. The summed E-state index contributed by atoms with van der Waals surface area (Å²) in [6.07, 6.45) is 0. The van der Waals surface area contributed by atoms with E-state index in [0.717, 1.165) is 0 Å². The number of anilines is 1. The molecule has 0 aliphatic rings. The summed E-state index contributed by atoms with van der Waals surface area (Å²) < 4.78 is 21.5. The highest BCUT2D eigenvalue weighted by Gasteiger charge is 2.12. The monoisotopic (exact) mass is 345 g/mol. The van der Waals surface area contributed by atoms with Gasteiger partial charge in [-0.1, -0.05) is 0 Å². The van der Waals surface area contributed by atoms with Gasteiger partial charge in [0.1, 0.15) is 11.5 Å². The van der Waals surface area contributed by atoms with E-state index >= 15 is 0 Å². The van der Waals surface area contributed by atoms with Crippen LogP contribution in [0.2, 0.25) is 0 Å². The van der Waals surface area contributed by atoms with Gasteiger partial charge in [-0.2, -0.15) is 0 Å². The zero-order valence-electron chi connectivity index (χ0n) is 14.9. The van der Waals surface area contributed by atoms with Crippen molar-refractivity contribution in [3.63, 3.8) is 0 Å². The van der Waals surface area contributed by atoms with Crippen LogP contribution >= 0.6 is 0 Å². The van der Waals surface area contributed by atoms with Crippen molar-refractivity contribution >= 4 is 11.6 Å². The highest BCUT2D eigenvalue weighted by atomic mass is 16.5. The van der Waals surface area contributed by atoms with Crippen molar-refractivity contribution in [3.05, 3.63) is 42.0 Å². The van der Waals surface area contributed by atoms with Crippen LogP contribution in [0.25, 0.3) is 0 Å². The molecule has 0 spiro atoms. The number of amides is 1. The van der Waals surface area contributed by atoms with E-state index in [1.54, 1.807) is 36.4 Å². The number of hydrogen-bond donors (Lipinski definition) is 1. The van der Waals surface area contributed by atoms with Crippen molar-refractivity contribution in [2.45, 2.75) is 13.8 Å². The van der Waals surface area contributed by atoms with Gasteiger partial charge in [0, 0.05) is 23.4 Å². The lowest BCUT2D eigenvalue weighted by molar-refractivity contribution is 0.102. The third-order valence-corrected chi connectivity index (χ3v) is 3.41. The molecule has 0 fully saturated rings. The summed E-state index contributed by atoms with van der Waals surface area (Å²) in [6.45, 7) is 4.84. The lowest BCUT2D eigenvalue weighted by Gasteiger charge is -2.13. The summed E-state index contributed by atoms with van der Waals surface area (Å²) >= 11 is 0. The molecule has 2 rings (SSSR count). The first-order valence-electron chi connectivity index (χ1n) is 8.05. The minimum Gasteiger partial charge on any atom is -0.497 e. The third kappa shape index (κ3) is 4.79. The Labute approximate surface area is 147 Å². The molecule has 0 heterocycles. The van der Waals surface area contributed by atoms with Gasteiger partial charge >= 0.3 is 0 Å². The van der Waals surface area contributed by atoms with Gasteiger partial charge in [0.05, 0.1) is 27.4 Å². The summed E-state index contributed by atoms with van der Waals surface area (Å²) in [7, 11) is 3.08. The summed E-state index contributed by atoms with van der Waals surface area (Å²) in [5.74, 6) is 2.05. The maximum Gasteiger partial charge on any atom is 0.255 e. The zero-order valence-corrected chi connectivity index (χ0v) is 14.9. The molecule has 2 aromatic rings. The van der Waals surface area contributed by atoms with Crippen LogP contribution in [0.3, 0.4) is 0 Å². The third-order valence-electron chi connectivity index (χ3n) is 3.41. The van der Waals surface area contributed by atoms with Gasteiger partial charge in [0.15, 0.2) is 11.5 Å². The molecule has 1 N–H and O–H groups in total. The summed E-state index contributed by atoms with van der Waals surface area (Å²) in [5, 5.41) is 2.84. The quantitative estimate of drug-likeness (QED) is 0.789. The van der Waals surface area contributed by atoms with Crippen molar-refractivity contribution in [3.8, 4) is 23.0 Å². The van der Waals surface area contributed by atoms with Crippen LogP contribution in [0.4, 0.5) is 5.69 Å². The van der Waals surface area contributed by atoms with Crippen LogP contribution in [0.1, 0.15) is 24.2 Å². The van der Waals surface area contributed by atoms with Crippen molar-refractivity contribution in [1.29, 1.82) is 0 Å². The van der Waals surface area contributed by atoms with Gasteiger partial charge in [-0.15, -0.1) is 0 Å². The fourth-order valence-corrected chi connectivity index (χ4v) is 2.27. The predicted molar refractivity (Wildman–Crippen MR) is 96.3 cm³/mol. The Bertz CT molecular complexity index is 707. The molecular weight excluding hydrogens is 322 g/mol. The number of ether oxygens (including phenoxy) is 4. The van der Waals surface area contributed by atoms with E-state index in [2.05, 4.69) is 5.32 Å². The molecule has 25 heavy (non-hydrogen) atoms. The molecule has 0 bridgehead atoms. The Balaban J connectivity index is 2.24. The molecule has 0 aliphatic heterocycles. The molecule has 0 atom stereocenters. The first-order chi connectivity index (χ1) is 12.1. The van der Waals surface area contributed by atoms with Gasteiger partial charge in [-0.25, -0.2) is 0 Å². The molecule has 134 valence electrons. The van der Waals surface area contributed by atoms with Crippen LogP contribution in [0.15, 0.2) is 36.4 Å². The molecule has 6 nitrogen and oxygen atoms in total. The lowest BCUT2D eigenvalue weighted by Crippen LogP contribution is -2.12. The SMILES string of the molecule is CCOc1ccc(NC(=O)c2cc(OC)cc(OC)c2)cc1OCC. The number of carbonyl (C=O) groups excluding carboxylic acids is 1. The maximum atomic E-state index is 12.5. The number of carbonyl (C=O) groups is 1. The number of nitrogens with one attached hydrogen (secondary N) is 1. The fourth-order valence-electron chi connectivity index (χ4n) is 2.27. The van der Waals surface area contributed by atoms with Crippen LogP contribution in [0.5, 0.6) is 23.0 Å². The highest BCUT2D eigenvalue weighted by Crippen LogP contribution is 2.31. The van der Waals surface area contributed by atoms with Crippen LogP contribution in [-0.2, 0) is 0 Å². The van der Waals surface area contributed by atoms with E-state index < -0.39 is 0 Å². The topological polar surface area (TPSA) is 66.0 Å². The van der Waals surface area contributed by atoms with Gasteiger partial charge in [-0.05, 0) is 38.1 Å². The normalized spacial score (nSPS) is 10.1. The van der Waals surface area contributed by atoms with E-state index in [9.17, 15) is 4.79 Å². The molecular formula is C19H23NO5. The predicted octanol–water partition coefficient (Wildman–Crippen LogP) is 3.75. The molecule has 0 saturated carbocycles. The summed E-state index contributed by atoms with van der Waals surface area (Å²) in [6, 6.07) is 10.3. The average molecular weight is 345 g/mol. The summed E-state index contributed by atoms with van der Waals surface area (Å²) in [4.78, 5) is 12.5. The fraction of sp³-hybridized carbons (Fsp3) is 0.316. The smallest absolute Gasteiger partial charge is 0.255 e. The minimum absolute atomic E-state index is 0.274. The Morgan fingerprint density at radius 3 is 2.04 bits per heavy atom. The van der Waals surface area contributed by atoms with Crippen LogP contribution in [0, 0.1) is 0 Å². The van der Waals surface area contributed by atoms with Crippen LogP contribution in [-0.4, -0.2) is 33.3 Å². The zero-order chi connectivity index (χ0) is 18.2. The molecule has 1 amide bonds. The van der Waals surface area contributed by atoms with Crippen molar-refractivity contribution in [2.75, 3.05) is 32.8 Å². The van der Waals surface area contributed by atoms with E-state index in [-0.39, 0.29) is 5.91 Å². The maximum absolute atomic E-state index is 12.5. The molecule has 0 aromatic heterocycles. The molecule has 0 unspecified atom stereocenters. The van der Waals surface area contributed by atoms with Gasteiger partial charge in [0.25, 0.3) is 5.91 Å². The Morgan fingerprint density at radius 2 is 1.48 bits per heavy atom. The number of methoxy groups -OCH3 is 2. The van der Waals surface area contributed by atoms with Crippen molar-refractivity contribution in [2.24, 2.45) is 0 Å². The second-order valence-electron chi connectivity index (χ2n) is 5.08. The average Bonchev–Trinajstić information content (AvgIpc) is 2.63. The van der Waals surface area contributed by atoms with E-state index in [1.165, 1.54) is 14.2 Å². The van der Waals surface area contributed by atoms with Crippen molar-refractivity contribution < 1.29 is 23.7 Å². The van der Waals surface area contributed by atoms with E-state index in [4.69, 9.17) is 18.9 Å². The first-order valence-corrected chi connectivity index (χ1v) is 8.05. The van der Waals surface area contributed by atoms with Crippen LogP contribution < -0.4 is 24.3 Å². The largest absolute Gasteiger partial charge is 0.497 e. The number of hydrogen-bond acceptors (Lipinski definition) is 5. The molecule has 0 radical (unpaired) electrons. The lowest BCUT2D eigenvalue weighted by atomic mass is 10.1. The minimum atomic E-state index is -0.274. The van der Waals surface area contributed by atoms with Gasteiger partial charge in [0.2, 0.25) is 0 Å². The molecule has 0 saturated heterocycles. The van der Waals surface area contributed by atoms with Gasteiger partial charge in [-0.3, -0.25) is 4.79 Å². The standard InChI is InChI=1S/C19H23NO5/c1-5-24-17-8-7-14(11-18(17)25-6-2)20-19(21)13-9-15(22-3)12-16(10-13)23-4/h7-12H,5-6H2,1-4H3,(H,20,21). The highest BCUT2D eigenvalue weighted by molar-refractivity contribution is 6.05. The van der Waals surface area contributed by atoms with Gasteiger partial charge < -0.3 is 24.3 Å². The molecule has 2 aromatic carbocycles. The molecule has 6 heteroatoms. The second kappa shape index (κ2) is 8.82. The Morgan fingerprint density at radius 1 is 0.880 bits per heavy atom. The molecule has 0 aliphatic carbocycles. The Kier molecular flexibility index (Phi) is 6.51.